The minimum Gasteiger partial charge on any atom is -0.387 e. The maximum Gasteiger partial charge on any atom is 0.480 e. The number of fused-ring (bicyclic) bond motifs is 3. The normalized spacial score (nSPS) is 30.0. The van der Waals surface area contributed by atoms with Crippen LogP contribution in [0, 0.1) is 5.92 Å². The zero-order chi connectivity index (χ0) is 55.7. The van der Waals surface area contributed by atoms with Gasteiger partial charge in [-0.3, -0.25) is 46.9 Å². The van der Waals surface area contributed by atoms with Gasteiger partial charge >= 0.3 is 36.6 Å². The zero-order valence-electron chi connectivity index (χ0n) is 40.0. The number of phosphoric acid groups is 1. The number of ether oxygens (including phenoxy) is 5. The first-order valence-electron chi connectivity index (χ1n) is 22.4. The summed E-state index contributed by atoms with van der Waals surface area (Å²) in [6.07, 6.45) is -10.8. The van der Waals surface area contributed by atoms with Crippen LogP contribution in [0.2, 0.25) is 0 Å². The number of aryl methyl sites for hydroxylation is 1. The van der Waals surface area contributed by atoms with E-state index < -0.39 is 135 Å². The number of aliphatic hydroxyl groups is 3. The monoisotopic (exact) mass is 1170 g/mol. The molecule has 3 fully saturated rings. The molecule has 9 heterocycles. The Morgan fingerprint density at radius 1 is 0.753 bits per heavy atom. The lowest BCUT2D eigenvalue weighted by Gasteiger charge is -2.28. The Hall–Kier alpha value is -5.11. The van der Waals surface area contributed by atoms with Crippen molar-refractivity contribution in [2.45, 2.75) is 73.5 Å². The van der Waals surface area contributed by atoms with E-state index in [-0.39, 0.29) is 64.2 Å². The van der Waals surface area contributed by atoms with Gasteiger partial charge in [0.2, 0.25) is 17.7 Å². The van der Waals surface area contributed by atoms with Crippen LogP contribution in [0.25, 0.3) is 33.5 Å². The second-order valence-electron chi connectivity index (χ2n) is 17.6. The number of nitrogens with zero attached hydrogens (tertiary/aromatic N) is 10. The van der Waals surface area contributed by atoms with Gasteiger partial charge in [0.1, 0.15) is 54.1 Å². The Kier molecular flexibility index (Phi) is 15.8. The van der Waals surface area contributed by atoms with Crippen molar-refractivity contribution in [3.05, 3.63) is 46.0 Å². The summed E-state index contributed by atoms with van der Waals surface area (Å²) in [4.78, 5) is 98.9. The van der Waals surface area contributed by atoms with Crippen molar-refractivity contribution in [1.29, 1.82) is 0 Å². The largest absolute Gasteiger partial charge is 0.480 e. The molecule has 422 valence electrons. The number of aliphatic hydroxyl groups excluding tert-OH is 3. The summed E-state index contributed by atoms with van der Waals surface area (Å²) in [6.45, 7) is -3.04. The second-order valence-corrected chi connectivity index (χ2v) is 24.5. The maximum atomic E-state index is 14.5. The molecule has 6 aromatic heterocycles. The lowest BCUT2D eigenvalue weighted by molar-refractivity contribution is -0.745. The average molecular weight is 1170 g/mol. The predicted octanol–water partition coefficient (Wildman–Crippen LogP) is -3.78. The highest BCUT2D eigenvalue weighted by molar-refractivity contribution is 7.71. The molecule has 0 aliphatic carbocycles. The number of hydrogen-bond acceptors (Lipinski definition) is 27. The Labute approximate surface area is 429 Å². The van der Waals surface area contributed by atoms with Crippen LogP contribution in [0.5, 0.6) is 0 Å². The molecular formula is C35H51N16O22P4+. The number of aromatic amines is 2. The molecule has 0 spiro atoms. The van der Waals surface area contributed by atoms with Gasteiger partial charge in [-0.1, -0.05) is 4.98 Å². The molecule has 0 radical (unpaired) electrons. The summed E-state index contributed by atoms with van der Waals surface area (Å²) in [5.41, 5.74) is 13.9. The van der Waals surface area contributed by atoms with E-state index in [4.69, 9.17) is 54.5 Å². The number of anilines is 3. The molecule has 3 aliphatic rings. The van der Waals surface area contributed by atoms with E-state index >= 15 is 0 Å². The molecule has 42 heteroatoms. The fourth-order valence-electron chi connectivity index (χ4n) is 9.24. The van der Waals surface area contributed by atoms with Crippen LogP contribution in [-0.4, -0.2) is 178 Å². The Bertz CT molecular complexity index is 3510. The SMILES string of the molecule is COCC[C@H]1[C@@H](O)[C@H]([n+]2cn(C)c3c(=O)[nH]c(N)nc32)O[C@@H]1COP(=O)(O)OP(=O)(O)NP(=O)(O)OC[C@H]1O[C@@H](n2cnc3c(N)ncnc32)[C@H](OC)[C@@H]1P(=O)(O)OC[C@H]1O[C@@H](n2cnc3c(=O)[nH]c(N)nc32)[C@H](O)[C@@H]1O. The lowest BCUT2D eigenvalue weighted by Crippen LogP contribution is -2.45. The van der Waals surface area contributed by atoms with E-state index in [0.717, 1.165) is 30.7 Å². The smallest absolute Gasteiger partial charge is 0.387 e. The van der Waals surface area contributed by atoms with Gasteiger partial charge in [0, 0.05) is 26.7 Å². The van der Waals surface area contributed by atoms with Crippen LogP contribution in [0.15, 0.2) is 34.9 Å². The highest BCUT2D eigenvalue weighted by Crippen LogP contribution is 2.63. The van der Waals surface area contributed by atoms with Crippen LogP contribution in [-0.2, 0) is 66.9 Å². The number of methoxy groups -OCH3 is 2. The minimum atomic E-state index is -5.94. The molecule has 0 saturated carbocycles. The van der Waals surface area contributed by atoms with Gasteiger partial charge in [0.25, 0.3) is 17.1 Å². The Morgan fingerprint density at radius 3 is 2.12 bits per heavy atom. The summed E-state index contributed by atoms with van der Waals surface area (Å²) >= 11 is 0. The number of aromatic nitrogens is 12. The number of imidazole rings is 3. The first-order valence-corrected chi connectivity index (χ1v) is 28.7. The third-order valence-electron chi connectivity index (χ3n) is 12.6. The summed E-state index contributed by atoms with van der Waals surface area (Å²) in [5, 5.41) is 33.4. The van der Waals surface area contributed by atoms with Crippen molar-refractivity contribution in [1.82, 2.24) is 58.4 Å². The molecule has 9 rings (SSSR count). The third kappa shape index (κ3) is 11.3. The molecule has 0 amide bonds. The highest BCUT2D eigenvalue weighted by atomic mass is 31.3. The number of hydrogen-bond donors (Lipinski definition) is 13. The summed E-state index contributed by atoms with van der Waals surface area (Å²) in [5.74, 6) is -1.56. The molecule has 6 aromatic rings. The minimum absolute atomic E-state index is 0.00192. The zero-order valence-corrected chi connectivity index (χ0v) is 43.6. The number of nitrogen functional groups attached to an aromatic ring is 3. The number of H-pyrrole nitrogens is 2. The van der Waals surface area contributed by atoms with Crippen LogP contribution in [0.3, 0.4) is 0 Å². The van der Waals surface area contributed by atoms with Gasteiger partial charge in [-0.25, -0.2) is 38.2 Å². The molecule has 3 aliphatic heterocycles. The van der Waals surface area contributed by atoms with E-state index in [1.54, 1.807) is 0 Å². The van der Waals surface area contributed by atoms with Gasteiger partial charge in [-0.2, -0.15) is 9.29 Å². The van der Waals surface area contributed by atoms with Crippen molar-refractivity contribution in [3.63, 3.8) is 0 Å². The molecule has 16 N–H and O–H groups in total. The average Bonchev–Trinajstić information content (AvgIpc) is 4.20. The lowest BCUT2D eigenvalue weighted by atomic mass is 9.95. The Balaban J connectivity index is 0.890. The van der Waals surface area contributed by atoms with Crippen molar-refractivity contribution >= 4 is 82.1 Å². The molecule has 3 saturated heterocycles. The van der Waals surface area contributed by atoms with Gasteiger partial charge in [0.05, 0.1) is 45.6 Å². The molecule has 77 heavy (non-hydrogen) atoms. The maximum absolute atomic E-state index is 14.5. The van der Waals surface area contributed by atoms with Gasteiger partial charge in [-0.15, -0.1) is 4.86 Å². The quantitative estimate of drug-likeness (QED) is 0.0243. The third-order valence-corrected chi connectivity index (χ3v) is 19.2. The van der Waals surface area contributed by atoms with Gasteiger partial charge < -0.3 is 80.3 Å². The first-order chi connectivity index (χ1) is 36.2. The highest BCUT2D eigenvalue weighted by Gasteiger charge is 2.58. The molecule has 16 atom stereocenters. The molecular weight excluding hydrogens is 1120 g/mol. The topological polar surface area (TPSA) is 545 Å². The fraction of sp³-hybridized carbons (Fsp3) is 0.571. The Morgan fingerprint density at radius 2 is 1.40 bits per heavy atom. The van der Waals surface area contributed by atoms with E-state index in [2.05, 4.69) is 44.2 Å². The number of phosphoric ester groups is 1. The summed E-state index contributed by atoms with van der Waals surface area (Å²) in [6, 6.07) is 0. The van der Waals surface area contributed by atoms with Crippen molar-refractivity contribution in [3.8, 4) is 0 Å². The van der Waals surface area contributed by atoms with Crippen LogP contribution in [0.4, 0.5) is 17.7 Å². The van der Waals surface area contributed by atoms with Crippen molar-refractivity contribution in [2.75, 3.05) is 57.8 Å². The number of rotatable bonds is 21. The summed E-state index contributed by atoms with van der Waals surface area (Å²) in [7, 11) is -18.7. The number of nitrogens with two attached hydrogens (primary N) is 3. The van der Waals surface area contributed by atoms with Crippen LogP contribution >= 0.6 is 30.9 Å². The number of nitrogens with one attached hydrogen (secondary N) is 3. The van der Waals surface area contributed by atoms with E-state index in [1.807, 2.05) is 0 Å². The van der Waals surface area contributed by atoms with E-state index in [0.29, 0.717) is 0 Å². The van der Waals surface area contributed by atoms with Crippen molar-refractivity contribution < 1.29 is 99.3 Å². The molecule has 4 unspecified atom stereocenters. The fourth-order valence-corrected chi connectivity index (χ4v) is 15.0. The molecule has 38 nitrogen and oxygen atoms in total. The van der Waals surface area contributed by atoms with Crippen LogP contribution in [0.1, 0.15) is 25.1 Å². The predicted molar refractivity (Wildman–Crippen MR) is 254 cm³/mol. The first kappa shape index (κ1) is 56.6. The van der Waals surface area contributed by atoms with E-state index in [1.165, 1.54) is 39.0 Å². The van der Waals surface area contributed by atoms with Crippen LogP contribution < -0.4 is 37.7 Å². The van der Waals surface area contributed by atoms with E-state index in [9.17, 15) is 62.7 Å². The van der Waals surface area contributed by atoms with Crippen molar-refractivity contribution in [2.24, 2.45) is 13.0 Å². The standard InChI is InChI=1S/C35H50N16O22P4/c1-48-12-51(28-19(48)30(56)46-35(38)44-28)31-20(52)13(4-5-65-2)14(70-31)6-69-77(63,64)73-76(61,62)47-75(59,60)68-8-16-24(23(66-3)33(72-16)49-10-41-17-25(36)39-9-40-26(17)49)74(57,58)67-7-15-21(53)22(54)32(71-15)50-11-42-18-27(50)43-34(37)45-29(18)55/h9-16,20-24,31-33,52-54H,4-8H2,1-3H3,(H12-,36,37,38,39,40,43,44,45,46,47,55,56,57,58,59,60,61,62,63,64)/p+1/t13-,14-,15-,16-,20-,21-,22-,23-,24-,31-,32-,33-/m1/s1. The molecule has 0 bridgehead atoms. The van der Waals surface area contributed by atoms with Gasteiger partial charge in [-0.05, 0) is 6.42 Å². The molecule has 0 aromatic carbocycles. The summed E-state index contributed by atoms with van der Waals surface area (Å²) < 4.78 is 108. The second kappa shape index (κ2) is 21.5. The van der Waals surface area contributed by atoms with Gasteiger partial charge in [0.15, 0.2) is 41.4 Å².